The highest BCUT2D eigenvalue weighted by Gasteiger charge is 2.31. The minimum absolute atomic E-state index is 0.205. The van der Waals surface area contributed by atoms with Gasteiger partial charge in [-0.1, -0.05) is 11.6 Å². The van der Waals surface area contributed by atoms with E-state index in [1.54, 1.807) is 0 Å². The van der Waals surface area contributed by atoms with Crippen LogP contribution in [0.25, 0.3) is 11.0 Å². The van der Waals surface area contributed by atoms with Crippen LogP contribution in [-0.4, -0.2) is 25.0 Å². The van der Waals surface area contributed by atoms with Gasteiger partial charge in [0.1, 0.15) is 5.56 Å². The predicted octanol–water partition coefficient (Wildman–Crippen LogP) is 3.73. The zero-order valence-electron chi connectivity index (χ0n) is 13.3. The normalized spacial score (nSPS) is 11.0. The number of anilines is 1. The number of fused-ring (bicyclic) bond motifs is 1. The minimum atomic E-state index is -1.28. The molecule has 0 aliphatic rings. The van der Waals surface area contributed by atoms with Crippen LogP contribution in [0.5, 0.6) is 11.5 Å². The third-order valence-electron chi connectivity index (χ3n) is 3.68. The molecule has 0 radical (unpaired) electrons. The molecule has 6 nitrogen and oxygen atoms in total. The van der Waals surface area contributed by atoms with Crippen LogP contribution in [0, 0.1) is 17.5 Å². The van der Waals surface area contributed by atoms with Gasteiger partial charge < -0.3 is 19.6 Å². The Balaban J connectivity index is 2.27. The van der Waals surface area contributed by atoms with E-state index >= 15 is 0 Å². The minimum Gasteiger partial charge on any atom is -0.494 e. The lowest BCUT2D eigenvalue weighted by atomic mass is 10.0. The maximum Gasteiger partial charge on any atom is 0.236 e. The molecule has 136 valence electrons. The first kappa shape index (κ1) is 17.9. The summed E-state index contributed by atoms with van der Waals surface area (Å²) in [5.41, 5.74) is 4.05. The van der Waals surface area contributed by atoms with Gasteiger partial charge in [0.2, 0.25) is 5.78 Å². The third kappa shape index (κ3) is 2.51. The van der Waals surface area contributed by atoms with E-state index < -0.39 is 56.9 Å². The molecule has 3 rings (SSSR count). The molecule has 2 aromatic heterocycles. The number of aromatic nitrogens is 1. The highest BCUT2D eigenvalue weighted by molar-refractivity contribution is 6.30. The van der Waals surface area contributed by atoms with Crippen LogP contribution in [0.4, 0.5) is 18.9 Å². The molecule has 0 aliphatic carbocycles. The first-order valence-corrected chi connectivity index (χ1v) is 7.36. The lowest BCUT2D eigenvalue weighted by Gasteiger charge is -2.11. The van der Waals surface area contributed by atoms with Crippen molar-refractivity contribution in [3.63, 3.8) is 0 Å². The zero-order valence-corrected chi connectivity index (χ0v) is 14.1. The second-order valence-electron chi connectivity index (χ2n) is 5.06. The van der Waals surface area contributed by atoms with Crippen LogP contribution in [0.3, 0.4) is 0 Å². The van der Waals surface area contributed by atoms with E-state index in [2.05, 4.69) is 4.98 Å². The Kier molecular flexibility index (Phi) is 4.41. The molecule has 0 amide bonds. The summed E-state index contributed by atoms with van der Waals surface area (Å²) in [6.45, 7) is 0. The summed E-state index contributed by atoms with van der Waals surface area (Å²) in [4.78, 5) is 16.2. The van der Waals surface area contributed by atoms with Crippen molar-refractivity contribution in [3.8, 4) is 11.5 Å². The topological polar surface area (TPSA) is 87.6 Å². The second-order valence-corrected chi connectivity index (χ2v) is 5.42. The number of furan rings is 1. The van der Waals surface area contributed by atoms with Gasteiger partial charge in [0.15, 0.2) is 45.4 Å². The number of pyridine rings is 1. The van der Waals surface area contributed by atoms with Crippen molar-refractivity contribution in [3.05, 3.63) is 46.2 Å². The number of rotatable bonds is 4. The number of benzene rings is 1. The number of carbonyl (C=O) groups is 1. The number of ether oxygens (including phenoxy) is 2. The number of nitrogen functional groups attached to an aromatic ring is 1. The predicted molar refractivity (Wildman–Crippen MR) is 86.3 cm³/mol. The van der Waals surface area contributed by atoms with E-state index in [4.69, 9.17) is 31.2 Å². The van der Waals surface area contributed by atoms with Crippen molar-refractivity contribution in [2.24, 2.45) is 0 Å². The molecule has 26 heavy (non-hydrogen) atoms. The zero-order chi connectivity index (χ0) is 19.2. The Hall–Kier alpha value is -2.94. The van der Waals surface area contributed by atoms with Gasteiger partial charge >= 0.3 is 0 Å². The lowest BCUT2D eigenvalue weighted by Crippen LogP contribution is -2.11. The van der Waals surface area contributed by atoms with E-state index in [0.29, 0.717) is 0 Å². The highest BCUT2D eigenvalue weighted by Crippen LogP contribution is 2.37. The fraction of sp³-hybridized carbons (Fsp3) is 0.125. The molecule has 0 fully saturated rings. The molecule has 3 aromatic rings. The Labute approximate surface area is 149 Å². The second kappa shape index (κ2) is 6.41. The number of halogens is 4. The first-order valence-electron chi connectivity index (χ1n) is 6.98. The Morgan fingerprint density at radius 1 is 1.15 bits per heavy atom. The van der Waals surface area contributed by atoms with Crippen molar-refractivity contribution in [2.75, 3.05) is 20.0 Å². The molecule has 10 heteroatoms. The van der Waals surface area contributed by atoms with Crippen LogP contribution in [0.2, 0.25) is 5.15 Å². The number of methoxy groups -OCH3 is 2. The maximum absolute atomic E-state index is 14.5. The third-order valence-corrected chi connectivity index (χ3v) is 3.94. The van der Waals surface area contributed by atoms with Gasteiger partial charge in [0.05, 0.1) is 31.5 Å². The monoisotopic (exact) mass is 386 g/mol. The van der Waals surface area contributed by atoms with Crippen molar-refractivity contribution in [2.45, 2.75) is 0 Å². The van der Waals surface area contributed by atoms with Crippen molar-refractivity contribution < 1.29 is 31.9 Å². The number of ketones is 1. The van der Waals surface area contributed by atoms with Crippen LogP contribution < -0.4 is 15.2 Å². The van der Waals surface area contributed by atoms with E-state index in [1.807, 2.05) is 0 Å². The van der Waals surface area contributed by atoms with Gasteiger partial charge in [0, 0.05) is 6.07 Å². The molecule has 1 aromatic carbocycles. The number of nitrogens with two attached hydrogens (primary N) is 1. The summed E-state index contributed by atoms with van der Waals surface area (Å²) in [7, 11) is 2.26. The van der Waals surface area contributed by atoms with Crippen molar-refractivity contribution in [1.82, 2.24) is 4.98 Å². The molecule has 2 N–H and O–H groups in total. The molecule has 0 atom stereocenters. The summed E-state index contributed by atoms with van der Waals surface area (Å²) >= 11 is 5.57. The van der Waals surface area contributed by atoms with E-state index in [0.717, 1.165) is 26.5 Å². The molecule has 0 saturated heterocycles. The highest BCUT2D eigenvalue weighted by atomic mass is 35.5. The number of hydrogen-bond donors (Lipinski definition) is 1. The Morgan fingerprint density at radius 2 is 1.73 bits per heavy atom. The van der Waals surface area contributed by atoms with Crippen LogP contribution in [0.15, 0.2) is 16.7 Å². The summed E-state index contributed by atoms with van der Waals surface area (Å²) in [6, 6.07) is 0.937. The van der Waals surface area contributed by atoms with Crippen LogP contribution in [-0.2, 0) is 0 Å². The maximum atomic E-state index is 14.5. The molecular formula is C16H10ClF3N2O4. The summed E-state index contributed by atoms with van der Waals surface area (Å²) in [5, 5.41) is -0.812. The number of hydrogen-bond acceptors (Lipinski definition) is 6. The lowest BCUT2D eigenvalue weighted by molar-refractivity contribution is 0.100. The van der Waals surface area contributed by atoms with Gasteiger partial charge in [-0.15, -0.1) is 0 Å². The molecule has 0 saturated carbocycles. The van der Waals surface area contributed by atoms with Gasteiger partial charge in [0.25, 0.3) is 0 Å². The molecule has 2 heterocycles. The molecule has 0 bridgehead atoms. The Morgan fingerprint density at radius 3 is 2.27 bits per heavy atom. The summed E-state index contributed by atoms with van der Waals surface area (Å²) < 4.78 is 57.8. The first-order chi connectivity index (χ1) is 12.3. The van der Waals surface area contributed by atoms with Crippen molar-refractivity contribution in [1.29, 1.82) is 0 Å². The van der Waals surface area contributed by atoms with Gasteiger partial charge in [-0.2, -0.15) is 0 Å². The Bertz CT molecular complexity index is 1020. The SMILES string of the molecule is COc1cc(OC)c(F)c(C(=O)c2oc3cnc(Cl)c(F)c3c2N)c1F. The van der Waals surface area contributed by atoms with E-state index in [9.17, 15) is 18.0 Å². The molecule has 0 aliphatic heterocycles. The standard InChI is InChI=1S/C16H10ClF3N2O4/c1-24-5-3-6(25-2)11(19)9(10(5)18)14(23)15-13(21)8-7(26-15)4-22-16(17)12(8)20/h3-4H,21H2,1-2H3. The fourth-order valence-electron chi connectivity index (χ4n) is 2.42. The van der Waals surface area contributed by atoms with Gasteiger partial charge in [-0.25, -0.2) is 18.2 Å². The van der Waals surface area contributed by atoms with E-state index in [1.165, 1.54) is 0 Å². The van der Waals surface area contributed by atoms with Gasteiger partial charge in [-0.05, 0) is 0 Å². The molecular weight excluding hydrogens is 377 g/mol. The number of carbonyl (C=O) groups excluding carboxylic acids is 1. The van der Waals surface area contributed by atoms with Crippen LogP contribution in [0.1, 0.15) is 16.1 Å². The quantitative estimate of drug-likeness (QED) is 0.543. The van der Waals surface area contributed by atoms with Gasteiger partial charge in [-0.3, -0.25) is 4.79 Å². The average Bonchev–Trinajstić information content (AvgIpc) is 2.96. The van der Waals surface area contributed by atoms with E-state index in [-0.39, 0.29) is 11.0 Å². The largest absolute Gasteiger partial charge is 0.494 e. The summed E-state index contributed by atoms with van der Waals surface area (Å²) in [6.07, 6.45) is 1.03. The smallest absolute Gasteiger partial charge is 0.236 e. The van der Waals surface area contributed by atoms with Crippen LogP contribution >= 0.6 is 11.6 Å². The molecule has 0 spiro atoms. The fourth-order valence-corrected chi connectivity index (χ4v) is 2.57. The number of nitrogens with zero attached hydrogens (tertiary/aromatic N) is 1. The molecule has 0 unspecified atom stereocenters. The average molecular weight is 387 g/mol. The van der Waals surface area contributed by atoms with Crippen molar-refractivity contribution >= 4 is 34.0 Å². The summed E-state index contributed by atoms with van der Waals surface area (Å²) in [5.74, 6) is -6.39.